The van der Waals surface area contributed by atoms with Gasteiger partial charge < -0.3 is 9.64 Å². The second-order valence-corrected chi connectivity index (χ2v) is 5.97. The lowest BCUT2D eigenvalue weighted by Gasteiger charge is -2.28. The molecule has 1 aliphatic rings. The van der Waals surface area contributed by atoms with Crippen molar-refractivity contribution in [2.45, 2.75) is 24.8 Å². The first-order valence-electron chi connectivity index (χ1n) is 8.20. The molecule has 1 fully saturated rings. The van der Waals surface area contributed by atoms with Crippen molar-refractivity contribution in [3.05, 3.63) is 71.8 Å². The van der Waals surface area contributed by atoms with Gasteiger partial charge in [-0.05, 0) is 24.0 Å². The van der Waals surface area contributed by atoms with Crippen molar-refractivity contribution in [3.63, 3.8) is 0 Å². The van der Waals surface area contributed by atoms with Gasteiger partial charge in [0.1, 0.15) is 6.04 Å². The minimum Gasteiger partial charge on any atom is -0.467 e. The number of hydrogen-bond donors (Lipinski definition) is 0. The summed E-state index contributed by atoms with van der Waals surface area (Å²) in [5.74, 6) is -0.779. The van der Waals surface area contributed by atoms with Gasteiger partial charge in [0.15, 0.2) is 0 Å². The number of carbonyl (C=O) groups is 2. The van der Waals surface area contributed by atoms with Gasteiger partial charge in [-0.1, -0.05) is 60.7 Å². The molecule has 1 atom stereocenters. The van der Waals surface area contributed by atoms with E-state index in [-0.39, 0.29) is 11.9 Å². The third kappa shape index (κ3) is 3.18. The lowest BCUT2D eigenvalue weighted by Crippen LogP contribution is -2.43. The first-order valence-corrected chi connectivity index (χ1v) is 8.20. The fraction of sp³-hybridized carbons (Fsp3) is 0.300. The van der Waals surface area contributed by atoms with Crippen LogP contribution in [-0.4, -0.2) is 36.5 Å². The second-order valence-electron chi connectivity index (χ2n) is 5.97. The molecule has 4 nitrogen and oxygen atoms in total. The number of amides is 1. The Bertz CT molecular complexity index is 660. The Labute approximate surface area is 142 Å². The van der Waals surface area contributed by atoms with Crippen LogP contribution in [0.5, 0.6) is 0 Å². The van der Waals surface area contributed by atoms with E-state index in [1.165, 1.54) is 7.11 Å². The van der Waals surface area contributed by atoms with Crippen LogP contribution in [-0.2, 0) is 14.3 Å². The van der Waals surface area contributed by atoms with E-state index in [0.717, 1.165) is 17.5 Å². The number of carbonyl (C=O) groups excluding carboxylic acids is 2. The number of benzene rings is 2. The van der Waals surface area contributed by atoms with E-state index >= 15 is 0 Å². The third-order valence-corrected chi connectivity index (χ3v) is 4.52. The van der Waals surface area contributed by atoms with Crippen LogP contribution in [0.1, 0.15) is 29.9 Å². The van der Waals surface area contributed by atoms with Gasteiger partial charge in [0.25, 0.3) is 0 Å². The number of methoxy groups -OCH3 is 1. The Morgan fingerprint density at radius 1 is 1.00 bits per heavy atom. The number of esters is 1. The lowest BCUT2D eigenvalue weighted by atomic mass is 9.90. The molecule has 0 aromatic heterocycles. The smallest absolute Gasteiger partial charge is 0.328 e. The van der Waals surface area contributed by atoms with Crippen LogP contribution in [0.2, 0.25) is 0 Å². The molecule has 0 bridgehead atoms. The zero-order valence-corrected chi connectivity index (χ0v) is 13.7. The molecular formula is C20H21NO3. The Morgan fingerprint density at radius 3 is 2.04 bits per heavy atom. The van der Waals surface area contributed by atoms with Gasteiger partial charge in [-0.2, -0.15) is 0 Å². The van der Waals surface area contributed by atoms with Crippen LogP contribution in [0, 0.1) is 0 Å². The van der Waals surface area contributed by atoms with Crippen LogP contribution in [0.4, 0.5) is 0 Å². The van der Waals surface area contributed by atoms with E-state index in [2.05, 4.69) is 0 Å². The highest BCUT2D eigenvalue weighted by Crippen LogP contribution is 2.30. The number of rotatable bonds is 4. The van der Waals surface area contributed by atoms with Crippen molar-refractivity contribution < 1.29 is 14.3 Å². The lowest BCUT2D eigenvalue weighted by molar-refractivity contribution is -0.151. The van der Waals surface area contributed by atoms with Crippen molar-refractivity contribution in [1.82, 2.24) is 4.90 Å². The van der Waals surface area contributed by atoms with E-state index in [1.807, 2.05) is 60.7 Å². The molecule has 0 aliphatic carbocycles. The predicted molar refractivity (Wildman–Crippen MR) is 91.5 cm³/mol. The van der Waals surface area contributed by atoms with Crippen LogP contribution in [0.3, 0.4) is 0 Å². The zero-order chi connectivity index (χ0) is 16.9. The highest BCUT2D eigenvalue weighted by atomic mass is 16.5. The second kappa shape index (κ2) is 7.30. The van der Waals surface area contributed by atoms with E-state index in [9.17, 15) is 9.59 Å². The molecule has 0 N–H and O–H groups in total. The maximum atomic E-state index is 13.3. The van der Waals surface area contributed by atoms with Gasteiger partial charge in [-0.3, -0.25) is 4.79 Å². The van der Waals surface area contributed by atoms with Crippen molar-refractivity contribution >= 4 is 11.9 Å². The molecule has 1 heterocycles. The fourth-order valence-electron chi connectivity index (χ4n) is 3.35. The van der Waals surface area contributed by atoms with Gasteiger partial charge in [0.2, 0.25) is 5.91 Å². The van der Waals surface area contributed by atoms with Gasteiger partial charge in [0, 0.05) is 6.54 Å². The quantitative estimate of drug-likeness (QED) is 0.813. The molecule has 0 saturated carbocycles. The Morgan fingerprint density at radius 2 is 1.54 bits per heavy atom. The van der Waals surface area contributed by atoms with Crippen LogP contribution in [0.25, 0.3) is 0 Å². The molecule has 4 heteroatoms. The average Bonchev–Trinajstić information content (AvgIpc) is 3.13. The minimum atomic E-state index is -0.475. The molecule has 24 heavy (non-hydrogen) atoms. The van der Waals surface area contributed by atoms with Gasteiger partial charge in [-0.25, -0.2) is 4.79 Å². The molecule has 3 rings (SSSR count). The highest BCUT2D eigenvalue weighted by molar-refractivity contribution is 5.91. The summed E-state index contributed by atoms with van der Waals surface area (Å²) >= 11 is 0. The molecule has 2 aromatic rings. The molecule has 0 radical (unpaired) electrons. The van der Waals surface area contributed by atoms with Crippen molar-refractivity contribution in [3.8, 4) is 0 Å². The molecule has 0 spiro atoms. The highest BCUT2D eigenvalue weighted by Gasteiger charge is 2.38. The van der Waals surface area contributed by atoms with Crippen molar-refractivity contribution in [2.75, 3.05) is 13.7 Å². The van der Waals surface area contributed by atoms with Crippen LogP contribution >= 0.6 is 0 Å². The summed E-state index contributed by atoms with van der Waals surface area (Å²) in [6, 6.07) is 18.9. The monoisotopic (exact) mass is 323 g/mol. The maximum Gasteiger partial charge on any atom is 0.328 e. The third-order valence-electron chi connectivity index (χ3n) is 4.52. The van der Waals surface area contributed by atoms with Crippen LogP contribution in [0.15, 0.2) is 60.7 Å². The summed E-state index contributed by atoms with van der Waals surface area (Å²) in [7, 11) is 1.37. The molecule has 1 aliphatic heterocycles. The summed E-state index contributed by atoms with van der Waals surface area (Å²) in [5, 5.41) is 0. The van der Waals surface area contributed by atoms with Gasteiger partial charge >= 0.3 is 5.97 Å². The molecule has 0 unspecified atom stereocenters. The summed E-state index contributed by atoms with van der Waals surface area (Å²) in [4.78, 5) is 27.0. The molecule has 124 valence electrons. The van der Waals surface area contributed by atoms with Crippen LogP contribution < -0.4 is 0 Å². The Kier molecular flexibility index (Phi) is 4.94. The predicted octanol–water partition coefficient (Wildman–Crippen LogP) is 2.98. The van der Waals surface area contributed by atoms with Gasteiger partial charge in [0.05, 0.1) is 13.0 Å². The SMILES string of the molecule is COC(=O)[C@H]1CCCN1C(=O)C(c1ccccc1)c1ccccc1. The number of nitrogens with zero attached hydrogens (tertiary/aromatic N) is 1. The van der Waals surface area contributed by atoms with E-state index in [4.69, 9.17) is 4.74 Å². The first kappa shape index (κ1) is 16.2. The van der Waals surface area contributed by atoms with Gasteiger partial charge in [-0.15, -0.1) is 0 Å². The topological polar surface area (TPSA) is 46.6 Å². The number of hydrogen-bond acceptors (Lipinski definition) is 3. The molecule has 2 aromatic carbocycles. The van der Waals surface area contributed by atoms with E-state index < -0.39 is 12.0 Å². The Hall–Kier alpha value is -2.62. The Balaban J connectivity index is 1.97. The molecule has 1 saturated heterocycles. The molecule has 1 amide bonds. The summed E-state index contributed by atoms with van der Waals surface area (Å²) in [5.41, 5.74) is 1.87. The maximum absolute atomic E-state index is 13.3. The average molecular weight is 323 g/mol. The summed E-state index contributed by atoms with van der Waals surface area (Å²) < 4.78 is 4.87. The van der Waals surface area contributed by atoms with Crippen molar-refractivity contribution in [1.29, 1.82) is 0 Å². The summed E-state index contributed by atoms with van der Waals surface area (Å²) in [6.45, 7) is 0.592. The normalized spacial score (nSPS) is 17.1. The number of likely N-dealkylation sites (tertiary alicyclic amines) is 1. The fourth-order valence-corrected chi connectivity index (χ4v) is 3.35. The zero-order valence-electron chi connectivity index (χ0n) is 13.7. The minimum absolute atomic E-state index is 0.0414. The number of ether oxygens (including phenoxy) is 1. The largest absolute Gasteiger partial charge is 0.467 e. The van der Waals surface area contributed by atoms with Crippen molar-refractivity contribution in [2.24, 2.45) is 0 Å². The first-order chi connectivity index (χ1) is 11.7. The van der Waals surface area contributed by atoms with E-state index in [0.29, 0.717) is 13.0 Å². The summed E-state index contributed by atoms with van der Waals surface area (Å²) in [6.07, 6.45) is 1.48. The standard InChI is InChI=1S/C20H21NO3/c1-24-20(23)17-13-8-14-21(17)19(22)18(15-9-4-2-5-10-15)16-11-6-3-7-12-16/h2-7,9-12,17-18H,8,13-14H2,1H3/t17-/m1/s1. The molecular weight excluding hydrogens is 302 g/mol. The van der Waals surface area contributed by atoms with E-state index in [1.54, 1.807) is 4.90 Å².